The Labute approximate surface area is 310 Å². The molecule has 1 fully saturated rings. The maximum atomic E-state index is 13.1. The number of benzene rings is 2. The smallest absolute Gasteiger partial charge is 0.270 e. The van der Waals surface area contributed by atoms with Crippen LogP contribution in [0.2, 0.25) is 0 Å². The van der Waals surface area contributed by atoms with E-state index < -0.39 is 11.9 Å². The van der Waals surface area contributed by atoms with E-state index in [0.29, 0.717) is 35.5 Å². The molecule has 0 unspecified atom stereocenters. The van der Waals surface area contributed by atoms with Crippen molar-refractivity contribution in [2.75, 3.05) is 13.1 Å². The van der Waals surface area contributed by atoms with Crippen molar-refractivity contribution in [1.82, 2.24) is 40.0 Å². The molecule has 0 bridgehead atoms. The molecule has 54 heavy (non-hydrogen) atoms. The standard InChI is InChI=1S/C41H36N8O5/c1-3-36-45-38(35-23-47(24(2)50)17-18-48(35)36)28-10-5-8-26-19-33(44-21-30(26)28)27-12-13-32(43-20-27)39(52)42-16-6-9-25-7-4-11-29-31(25)22-49(41(29)54)34-14-15-37(51)46-40(34)53/h4-5,7-8,10-13,19-21,34H,3,14-18,22-23H2,1-2H3,(H,42,52)(H,46,51,53)/t34-/m0/s1. The fourth-order valence-electron chi connectivity index (χ4n) is 7.47. The number of imidazole rings is 1. The lowest BCUT2D eigenvalue weighted by molar-refractivity contribution is -0.137. The maximum absolute atomic E-state index is 13.1. The molecule has 5 amide bonds. The molecule has 5 aromatic rings. The first kappa shape index (κ1) is 34.4. The largest absolute Gasteiger partial charge is 0.340 e. The van der Waals surface area contributed by atoms with Crippen molar-refractivity contribution < 1.29 is 24.0 Å². The Bertz CT molecular complexity index is 2460. The summed E-state index contributed by atoms with van der Waals surface area (Å²) < 4.78 is 2.24. The summed E-state index contributed by atoms with van der Waals surface area (Å²) in [6.07, 6.45) is 4.71. The summed E-state index contributed by atoms with van der Waals surface area (Å²) >= 11 is 0. The first-order valence-electron chi connectivity index (χ1n) is 17.9. The number of amides is 5. The molecule has 2 N–H and O–H groups in total. The van der Waals surface area contributed by atoms with Gasteiger partial charge in [0, 0.05) is 79.4 Å². The molecular weight excluding hydrogens is 685 g/mol. The second kappa shape index (κ2) is 14.0. The third kappa shape index (κ3) is 6.25. The fraction of sp³-hybridized carbons (Fsp3) is 0.268. The Hall–Kier alpha value is -6.68. The lowest BCUT2D eigenvalue weighted by Gasteiger charge is -2.29. The molecule has 0 spiro atoms. The molecule has 1 saturated heterocycles. The van der Waals surface area contributed by atoms with Gasteiger partial charge in [0.05, 0.1) is 30.2 Å². The average molecular weight is 721 g/mol. The van der Waals surface area contributed by atoms with Gasteiger partial charge in [0.15, 0.2) is 0 Å². The summed E-state index contributed by atoms with van der Waals surface area (Å²) in [7, 11) is 0. The highest BCUT2D eigenvalue weighted by atomic mass is 16.2. The van der Waals surface area contributed by atoms with Crippen molar-refractivity contribution in [1.29, 1.82) is 0 Å². The van der Waals surface area contributed by atoms with Crippen molar-refractivity contribution in [3.63, 3.8) is 0 Å². The summed E-state index contributed by atoms with van der Waals surface area (Å²) in [6.45, 7) is 5.87. The number of aromatic nitrogens is 4. The van der Waals surface area contributed by atoms with Crippen molar-refractivity contribution >= 4 is 40.3 Å². The Morgan fingerprint density at radius 3 is 2.59 bits per heavy atom. The number of carbonyl (C=O) groups is 5. The topological polar surface area (TPSA) is 159 Å². The predicted octanol–water partition coefficient (Wildman–Crippen LogP) is 3.63. The van der Waals surface area contributed by atoms with Gasteiger partial charge in [-0.25, -0.2) is 4.98 Å². The Kier molecular flexibility index (Phi) is 8.95. The summed E-state index contributed by atoms with van der Waals surface area (Å²) in [5.74, 6) is 5.61. The van der Waals surface area contributed by atoms with E-state index in [1.165, 1.54) is 4.90 Å². The third-order valence-corrected chi connectivity index (χ3v) is 10.3. The highest BCUT2D eigenvalue weighted by molar-refractivity contribution is 6.05. The number of pyridine rings is 2. The highest BCUT2D eigenvalue weighted by Crippen LogP contribution is 2.35. The average Bonchev–Trinajstić information content (AvgIpc) is 3.73. The van der Waals surface area contributed by atoms with E-state index in [0.717, 1.165) is 52.1 Å². The van der Waals surface area contributed by atoms with Crippen LogP contribution in [-0.4, -0.2) is 78.0 Å². The third-order valence-electron chi connectivity index (χ3n) is 10.3. The van der Waals surface area contributed by atoms with Crippen LogP contribution in [0.3, 0.4) is 0 Å². The number of piperidine rings is 1. The van der Waals surface area contributed by atoms with Crippen molar-refractivity contribution in [3.8, 4) is 34.4 Å². The minimum atomic E-state index is -0.707. The number of nitrogens with zero attached hydrogens (tertiary/aromatic N) is 6. The van der Waals surface area contributed by atoms with E-state index in [4.69, 9.17) is 9.97 Å². The first-order chi connectivity index (χ1) is 26.2. The van der Waals surface area contributed by atoms with Crippen LogP contribution in [0.5, 0.6) is 0 Å². The second-order valence-corrected chi connectivity index (χ2v) is 13.5. The zero-order chi connectivity index (χ0) is 37.5. The van der Waals surface area contributed by atoms with Gasteiger partial charge in [-0.15, -0.1) is 0 Å². The minimum absolute atomic E-state index is 0.0507. The monoisotopic (exact) mass is 720 g/mol. The molecule has 0 saturated carbocycles. The number of rotatable bonds is 6. The van der Waals surface area contributed by atoms with Gasteiger partial charge in [-0.3, -0.25) is 39.3 Å². The molecule has 3 aliphatic heterocycles. The molecule has 3 aromatic heterocycles. The summed E-state index contributed by atoms with van der Waals surface area (Å²) in [5.41, 5.74) is 6.39. The van der Waals surface area contributed by atoms with Gasteiger partial charge in [0.1, 0.15) is 17.6 Å². The van der Waals surface area contributed by atoms with Crippen molar-refractivity contribution in [2.24, 2.45) is 0 Å². The van der Waals surface area contributed by atoms with Crippen LogP contribution in [0.4, 0.5) is 0 Å². The van der Waals surface area contributed by atoms with Crippen LogP contribution in [0.15, 0.2) is 67.0 Å². The van der Waals surface area contributed by atoms with Gasteiger partial charge in [-0.2, -0.15) is 0 Å². The van der Waals surface area contributed by atoms with E-state index in [1.807, 2.05) is 35.4 Å². The molecule has 1 atom stereocenters. The highest BCUT2D eigenvalue weighted by Gasteiger charge is 2.39. The summed E-state index contributed by atoms with van der Waals surface area (Å²) in [5, 5.41) is 7.02. The van der Waals surface area contributed by atoms with Crippen LogP contribution in [0.25, 0.3) is 33.3 Å². The number of hydrogen-bond donors (Lipinski definition) is 2. The van der Waals surface area contributed by atoms with E-state index in [9.17, 15) is 24.0 Å². The predicted molar refractivity (Wildman–Crippen MR) is 198 cm³/mol. The van der Waals surface area contributed by atoms with E-state index in [-0.39, 0.29) is 55.3 Å². The zero-order valence-electron chi connectivity index (χ0n) is 29.8. The van der Waals surface area contributed by atoms with Crippen LogP contribution in [-0.2, 0) is 40.4 Å². The molecule has 2 aromatic carbocycles. The summed E-state index contributed by atoms with van der Waals surface area (Å²) in [6, 6.07) is 16.0. The SMILES string of the molecule is CCc1nc(-c2cccc3cc(-c4ccc(C(=O)NCC#Cc5cccc6c5CN([C@H]5CCC(=O)NC5=O)C6=O)nc4)ncc23)c2n1CCN(C(C)=O)C2. The molecular formula is C41H36N8O5. The maximum Gasteiger partial charge on any atom is 0.270 e. The number of carbonyl (C=O) groups excluding carboxylic acids is 5. The molecule has 13 heteroatoms. The van der Waals surface area contributed by atoms with Gasteiger partial charge in [-0.1, -0.05) is 43.0 Å². The van der Waals surface area contributed by atoms with E-state index in [2.05, 4.69) is 38.9 Å². The van der Waals surface area contributed by atoms with E-state index >= 15 is 0 Å². The fourth-order valence-corrected chi connectivity index (χ4v) is 7.47. The van der Waals surface area contributed by atoms with Gasteiger partial charge in [0.2, 0.25) is 17.7 Å². The Morgan fingerprint density at radius 1 is 0.981 bits per heavy atom. The van der Waals surface area contributed by atoms with Gasteiger partial charge < -0.3 is 19.7 Å². The minimum Gasteiger partial charge on any atom is -0.340 e. The molecule has 6 heterocycles. The van der Waals surface area contributed by atoms with E-state index in [1.54, 1.807) is 43.5 Å². The number of fused-ring (bicyclic) bond motifs is 3. The molecule has 3 aliphatic rings. The quantitative estimate of drug-likeness (QED) is 0.199. The Balaban J connectivity index is 0.942. The first-order valence-corrected chi connectivity index (χ1v) is 17.9. The summed E-state index contributed by atoms with van der Waals surface area (Å²) in [4.78, 5) is 79.8. The number of imide groups is 1. The number of nitrogens with one attached hydrogen (secondary N) is 2. The number of aryl methyl sites for hydroxylation is 1. The lowest BCUT2D eigenvalue weighted by atomic mass is 10.0. The van der Waals surface area contributed by atoms with Gasteiger partial charge in [0.25, 0.3) is 11.8 Å². The van der Waals surface area contributed by atoms with Crippen LogP contribution in [0, 0.1) is 11.8 Å². The zero-order valence-corrected chi connectivity index (χ0v) is 29.8. The van der Waals surface area contributed by atoms with Gasteiger partial charge >= 0.3 is 0 Å². The molecule has 8 rings (SSSR count). The number of hydrogen-bond acceptors (Lipinski definition) is 8. The molecule has 0 radical (unpaired) electrons. The van der Waals surface area contributed by atoms with Crippen LogP contribution in [0.1, 0.15) is 70.2 Å². The van der Waals surface area contributed by atoms with Gasteiger partial charge in [-0.05, 0) is 47.7 Å². The van der Waals surface area contributed by atoms with Crippen molar-refractivity contribution in [3.05, 3.63) is 101 Å². The Morgan fingerprint density at radius 2 is 1.81 bits per heavy atom. The molecule has 0 aliphatic carbocycles. The normalized spacial score (nSPS) is 16.4. The molecule has 270 valence electrons. The van der Waals surface area contributed by atoms with Crippen LogP contribution < -0.4 is 10.6 Å². The molecule has 13 nitrogen and oxygen atoms in total. The van der Waals surface area contributed by atoms with Crippen LogP contribution >= 0.6 is 0 Å². The lowest BCUT2D eigenvalue weighted by Crippen LogP contribution is -2.52. The van der Waals surface area contributed by atoms with Crippen molar-refractivity contribution in [2.45, 2.75) is 58.8 Å². The second-order valence-electron chi connectivity index (χ2n) is 13.5.